The van der Waals surface area contributed by atoms with E-state index >= 15 is 0 Å². The summed E-state index contributed by atoms with van der Waals surface area (Å²) in [6.07, 6.45) is 3.76. The first-order valence-electron chi connectivity index (χ1n) is 6.95. The Morgan fingerprint density at radius 1 is 1.00 bits per heavy atom. The molecule has 2 rings (SSSR count). The average molecular weight is 352 g/mol. The van der Waals surface area contributed by atoms with Crippen molar-refractivity contribution in [1.29, 1.82) is 0 Å². The zero-order valence-electron chi connectivity index (χ0n) is 12.2. The predicted octanol–water partition coefficient (Wildman–Crippen LogP) is 2.36. The lowest BCUT2D eigenvalue weighted by atomic mass is 10.1. The van der Waals surface area contributed by atoms with Gasteiger partial charge in [-0.1, -0.05) is 29.3 Å². The molecule has 0 aliphatic rings. The molecule has 1 aromatic heterocycles. The van der Waals surface area contributed by atoms with E-state index in [9.17, 15) is 9.59 Å². The second-order valence-electron chi connectivity index (χ2n) is 4.78. The van der Waals surface area contributed by atoms with Crippen LogP contribution in [0.25, 0.3) is 0 Å². The number of rotatable bonds is 5. The van der Waals surface area contributed by atoms with Crippen LogP contribution in [0.3, 0.4) is 0 Å². The van der Waals surface area contributed by atoms with Crippen molar-refractivity contribution in [3.8, 4) is 0 Å². The maximum absolute atomic E-state index is 11.7. The fourth-order valence-electron chi connectivity index (χ4n) is 1.88. The summed E-state index contributed by atoms with van der Waals surface area (Å²) >= 11 is 11.9. The van der Waals surface area contributed by atoms with Crippen LogP contribution in [0.5, 0.6) is 0 Å². The van der Waals surface area contributed by atoms with E-state index in [1.807, 2.05) is 0 Å². The fourth-order valence-corrected chi connectivity index (χ4v) is 2.38. The Morgan fingerprint density at radius 2 is 1.70 bits per heavy atom. The Hall–Kier alpha value is -2.11. The van der Waals surface area contributed by atoms with Crippen LogP contribution in [-0.2, 0) is 22.6 Å². The Morgan fingerprint density at radius 3 is 2.39 bits per heavy atom. The number of amides is 2. The van der Waals surface area contributed by atoms with Gasteiger partial charge >= 0.3 is 11.8 Å². The number of aromatic nitrogens is 1. The van der Waals surface area contributed by atoms with E-state index in [4.69, 9.17) is 23.2 Å². The molecule has 0 radical (unpaired) electrons. The van der Waals surface area contributed by atoms with Crippen molar-refractivity contribution in [1.82, 2.24) is 15.6 Å². The van der Waals surface area contributed by atoms with Crippen molar-refractivity contribution in [3.05, 3.63) is 63.9 Å². The summed E-state index contributed by atoms with van der Waals surface area (Å²) in [6, 6.07) is 8.69. The van der Waals surface area contributed by atoms with E-state index in [-0.39, 0.29) is 6.54 Å². The predicted molar refractivity (Wildman–Crippen MR) is 89.3 cm³/mol. The molecule has 7 heteroatoms. The Balaban J connectivity index is 1.74. The molecule has 0 aliphatic heterocycles. The van der Waals surface area contributed by atoms with Crippen LogP contribution >= 0.6 is 23.2 Å². The van der Waals surface area contributed by atoms with Crippen molar-refractivity contribution >= 4 is 35.0 Å². The number of benzene rings is 1. The molecule has 1 heterocycles. The molecular weight excluding hydrogens is 337 g/mol. The molecule has 120 valence electrons. The second kappa shape index (κ2) is 8.50. The number of carbonyl (C=O) groups is 2. The summed E-state index contributed by atoms with van der Waals surface area (Å²) in [6.45, 7) is 0.584. The zero-order valence-corrected chi connectivity index (χ0v) is 13.7. The molecular formula is C16H15Cl2N3O2. The van der Waals surface area contributed by atoms with Gasteiger partial charge < -0.3 is 10.6 Å². The number of pyridine rings is 1. The van der Waals surface area contributed by atoms with E-state index in [2.05, 4.69) is 15.6 Å². The summed E-state index contributed by atoms with van der Waals surface area (Å²) in [5, 5.41) is 6.19. The van der Waals surface area contributed by atoms with Crippen molar-refractivity contribution in [2.45, 2.75) is 13.0 Å². The molecule has 1 aromatic carbocycles. The van der Waals surface area contributed by atoms with Gasteiger partial charge in [-0.25, -0.2) is 0 Å². The number of carbonyl (C=O) groups excluding carboxylic acids is 2. The summed E-state index contributed by atoms with van der Waals surface area (Å²) < 4.78 is 0. The zero-order chi connectivity index (χ0) is 16.7. The first kappa shape index (κ1) is 17.2. The number of hydrogen-bond acceptors (Lipinski definition) is 3. The molecule has 0 saturated heterocycles. The highest BCUT2D eigenvalue weighted by atomic mass is 35.5. The molecule has 0 aliphatic carbocycles. The topological polar surface area (TPSA) is 71.1 Å². The monoisotopic (exact) mass is 351 g/mol. The van der Waals surface area contributed by atoms with Gasteiger partial charge in [0.05, 0.1) is 0 Å². The van der Waals surface area contributed by atoms with Crippen molar-refractivity contribution in [2.24, 2.45) is 0 Å². The molecule has 0 bridgehead atoms. The number of nitrogens with zero attached hydrogens (tertiary/aromatic N) is 1. The largest absolute Gasteiger partial charge is 0.348 e. The molecule has 2 amide bonds. The summed E-state index contributed by atoms with van der Waals surface area (Å²) in [5.74, 6) is -1.35. The highest BCUT2D eigenvalue weighted by Crippen LogP contribution is 2.20. The lowest BCUT2D eigenvalue weighted by molar-refractivity contribution is -0.139. The quantitative estimate of drug-likeness (QED) is 0.812. The minimum absolute atomic E-state index is 0.276. The van der Waals surface area contributed by atoms with Crippen LogP contribution < -0.4 is 10.6 Å². The maximum Gasteiger partial charge on any atom is 0.309 e. The van der Waals surface area contributed by atoms with Crippen LogP contribution in [0, 0.1) is 0 Å². The molecule has 5 nitrogen and oxygen atoms in total. The number of hydrogen-bond donors (Lipinski definition) is 2. The minimum Gasteiger partial charge on any atom is -0.348 e. The third-order valence-corrected chi connectivity index (χ3v) is 3.69. The first-order chi connectivity index (χ1) is 11.1. The van der Waals surface area contributed by atoms with Crippen LogP contribution in [0.2, 0.25) is 10.0 Å². The van der Waals surface area contributed by atoms with Crippen LogP contribution in [0.4, 0.5) is 0 Å². The Labute approximate surface area is 144 Å². The second-order valence-corrected chi connectivity index (χ2v) is 5.62. The third kappa shape index (κ3) is 5.54. The number of halogens is 2. The standard InChI is InChI=1S/C16H15Cl2N3O2/c17-13-2-1-12(14(18)9-13)5-8-20-15(22)16(23)21-10-11-3-6-19-7-4-11/h1-4,6-7,9H,5,8,10H2,(H,20,22)(H,21,23). The summed E-state index contributed by atoms with van der Waals surface area (Å²) in [5.41, 5.74) is 1.72. The van der Waals surface area contributed by atoms with Gasteiger partial charge in [-0.15, -0.1) is 0 Å². The smallest absolute Gasteiger partial charge is 0.309 e. The van der Waals surface area contributed by atoms with Gasteiger partial charge in [0.1, 0.15) is 0 Å². The fraction of sp³-hybridized carbons (Fsp3) is 0.188. The highest BCUT2D eigenvalue weighted by molar-refractivity contribution is 6.35. The molecule has 0 saturated carbocycles. The van der Waals surface area contributed by atoms with Crippen molar-refractivity contribution in [2.75, 3.05) is 6.54 Å². The van der Waals surface area contributed by atoms with Crippen molar-refractivity contribution in [3.63, 3.8) is 0 Å². The highest BCUT2D eigenvalue weighted by Gasteiger charge is 2.12. The van der Waals surface area contributed by atoms with Gasteiger partial charge in [0.15, 0.2) is 0 Å². The summed E-state index contributed by atoms with van der Waals surface area (Å²) in [7, 11) is 0. The molecule has 2 N–H and O–H groups in total. The van der Waals surface area contributed by atoms with Gasteiger partial charge in [0.2, 0.25) is 0 Å². The summed E-state index contributed by atoms with van der Waals surface area (Å²) in [4.78, 5) is 27.3. The van der Waals surface area contributed by atoms with Gasteiger partial charge in [-0.2, -0.15) is 0 Å². The van der Waals surface area contributed by atoms with Crippen LogP contribution in [-0.4, -0.2) is 23.3 Å². The number of nitrogens with one attached hydrogen (secondary N) is 2. The van der Waals surface area contributed by atoms with Crippen LogP contribution in [0.15, 0.2) is 42.7 Å². The van der Waals surface area contributed by atoms with E-state index < -0.39 is 11.8 Å². The molecule has 0 unspecified atom stereocenters. The van der Waals surface area contributed by atoms with E-state index in [0.29, 0.717) is 23.0 Å². The molecule has 2 aromatic rings. The molecule has 0 fully saturated rings. The van der Waals surface area contributed by atoms with E-state index in [1.165, 1.54) is 0 Å². The molecule has 0 atom stereocenters. The Bertz CT molecular complexity index is 693. The van der Waals surface area contributed by atoms with E-state index in [1.54, 1.807) is 42.7 Å². The first-order valence-corrected chi connectivity index (χ1v) is 7.70. The van der Waals surface area contributed by atoms with Gasteiger partial charge in [0.25, 0.3) is 0 Å². The van der Waals surface area contributed by atoms with Gasteiger partial charge in [0, 0.05) is 35.5 Å². The average Bonchev–Trinajstić information content (AvgIpc) is 2.55. The molecule has 23 heavy (non-hydrogen) atoms. The SMILES string of the molecule is O=C(NCCc1ccc(Cl)cc1Cl)C(=O)NCc1ccncc1. The van der Waals surface area contributed by atoms with Crippen molar-refractivity contribution < 1.29 is 9.59 Å². The molecule has 0 spiro atoms. The lowest BCUT2D eigenvalue weighted by Crippen LogP contribution is -2.40. The maximum atomic E-state index is 11.7. The van der Waals surface area contributed by atoms with Crippen LogP contribution in [0.1, 0.15) is 11.1 Å². The Kier molecular flexibility index (Phi) is 6.38. The minimum atomic E-state index is -0.677. The van der Waals surface area contributed by atoms with Gasteiger partial charge in [-0.05, 0) is 41.8 Å². The van der Waals surface area contributed by atoms with Gasteiger partial charge in [-0.3, -0.25) is 14.6 Å². The lowest BCUT2D eigenvalue weighted by Gasteiger charge is -2.08. The normalized spacial score (nSPS) is 10.2. The van der Waals surface area contributed by atoms with E-state index in [0.717, 1.165) is 11.1 Å². The third-order valence-electron chi connectivity index (χ3n) is 3.10.